The van der Waals surface area contributed by atoms with Gasteiger partial charge in [-0.2, -0.15) is 0 Å². The number of piperidine rings is 4. The highest BCUT2D eigenvalue weighted by Crippen LogP contribution is 2.35. The van der Waals surface area contributed by atoms with E-state index in [1.54, 1.807) is 23.2 Å². The molecule has 7 heterocycles. The van der Waals surface area contributed by atoms with Crippen LogP contribution in [0.3, 0.4) is 0 Å². The fourth-order valence-electron chi connectivity index (χ4n) is 10.1. The largest absolute Gasteiger partial charge is 0.371 e. The van der Waals surface area contributed by atoms with Crippen molar-refractivity contribution in [2.45, 2.75) is 69.4 Å². The van der Waals surface area contributed by atoms with Gasteiger partial charge in [-0.1, -0.05) is 12.1 Å². The number of carbonyl (C=O) groups excluding carboxylic acids is 6. The quantitative estimate of drug-likeness (QED) is 0.253. The lowest BCUT2D eigenvalue weighted by Gasteiger charge is -2.39. The lowest BCUT2D eigenvalue weighted by atomic mass is 9.88. The molecule has 320 valence electrons. The van der Waals surface area contributed by atoms with Crippen molar-refractivity contribution >= 4 is 58.6 Å². The lowest BCUT2D eigenvalue weighted by Crippen LogP contribution is -2.54. The van der Waals surface area contributed by atoms with E-state index in [9.17, 15) is 28.8 Å². The molecule has 6 aliphatic rings. The van der Waals surface area contributed by atoms with Crippen molar-refractivity contribution < 1.29 is 28.8 Å². The number of urea groups is 1. The number of nitrogens with zero attached hydrogens (tertiary/aromatic N) is 8. The van der Waals surface area contributed by atoms with Gasteiger partial charge in [-0.25, -0.2) is 14.8 Å². The van der Waals surface area contributed by atoms with Crippen LogP contribution in [0.2, 0.25) is 0 Å². The average molecular weight is 832 g/mol. The second kappa shape index (κ2) is 16.7. The van der Waals surface area contributed by atoms with Crippen LogP contribution >= 0.6 is 0 Å². The first-order chi connectivity index (χ1) is 29.5. The van der Waals surface area contributed by atoms with Gasteiger partial charge in [-0.15, -0.1) is 0 Å². The Kier molecular flexibility index (Phi) is 11.1. The number of nitrogens with two attached hydrogens (primary N) is 1. The number of aromatic nitrogens is 2. The third kappa shape index (κ3) is 8.10. The van der Waals surface area contributed by atoms with Crippen LogP contribution in [0, 0.1) is 5.92 Å². The van der Waals surface area contributed by atoms with Gasteiger partial charge >= 0.3 is 6.03 Å². The van der Waals surface area contributed by atoms with E-state index in [0.717, 1.165) is 107 Å². The van der Waals surface area contributed by atoms with E-state index >= 15 is 0 Å². The molecule has 3 aromatic rings. The molecule has 9 rings (SSSR count). The molecule has 2 aromatic carbocycles. The number of imide groups is 2. The number of anilines is 4. The van der Waals surface area contributed by atoms with Gasteiger partial charge in [0.05, 0.1) is 23.4 Å². The van der Waals surface area contributed by atoms with Crippen LogP contribution in [0.5, 0.6) is 0 Å². The van der Waals surface area contributed by atoms with Crippen molar-refractivity contribution in [3.8, 4) is 0 Å². The van der Waals surface area contributed by atoms with Crippen LogP contribution in [0.25, 0.3) is 0 Å². The first-order valence-electron chi connectivity index (χ1n) is 21.6. The predicted octanol–water partition coefficient (Wildman–Crippen LogP) is 3.15. The molecular weight excluding hydrogens is 779 g/mol. The Morgan fingerprint density at radius 2 is 1.59 bits per heavy atom. The van der Waals surface area contributed by atoms with Gasteiger partial charge in [-0.05, 0) is 106 Å². The molecule has 4 N–H and O–H groups in total. The van der Waals surface area contributed by atoms with Crippen LogP contribution in [-0.2, 0) is 9.59 Å². The zero-order chi connectivity index (χ0) is 42.4. The normalized spacial score (nSPS) is 24.1. The Hall–Kier alpha value is -6.10. The molecule has 17 heteroatoms. The van der Waals surface area contributed by atoms with Crippen molar-refractivity contribution in [3.63, 3.8) is 0 Å². The van der Waals surface area contributed by atoms with E-state index in [2.05, 4.69) is 42.5 Å². The predicted molar refractivity (Wildman–Crippen MR) is 227 cm³/mol. The van der Waals surface area contributed by atoms with Crippen molar-refractivity contribution in [2.24, 2.45) is 11.7 Å². The van der Waals surface area contributed by atoms with Gasteiger partial charge in [0.1, 0.15) is 11.9 Å². The fraction of sp³-hybridized carbons (Fsp3) is 0.500. The monoisotopic (exact) mass is 831 g/mol. The number of carbonyl (C=O) groups is 6. The zero-order valence-electron chi connectivity index (χ0n) is 34.6. The molecular formula is C44H53N11O6. The number of amides is 7. The standard InChI is InChI=1S/C44H53N11O6/c1-50-20-21-54(44(50)61)32-5-3-17-53(26-32)36-23-46-38(39(45)57)40(48-36)47-30-8-6-28(7-9-30)29-14-18-51(19-15-29)24-27-4-2-16-52(25-27)31-10-11-33-34(22-31)43(60)55(42(33)59)35-12-13-37(56)49-41(35)58/h6-11,22-23,27,29,32,35H,2-5,12-21,24-26H2,1H3,(H2,45,57)(H,47,48)(H,49,56,58)/t27-,32+,35?/m0/s1. The maximum absolute atomic E-state index is 13.4. The Labute approximate surface area is 354 Å². The minimum absolute atomic E-state index is 0.0599. The molecule has 6 aliphatic heterocycles. The highest BCUT2D eigenvalue weighted by Gasteiger charge is 2.45. The third-order valence-electron chi connectivity index (χ3n) is 13.5. The summed E-state index contributed by atoms with van der Waals surface area (Å²) in [6.07, 6.45) is 7.91. The Morgan fingerprint density at radius 3 is 2.33 bits per heavy atom. The van der Waals surface area contributed by atoms with E-state index in [0.29, 0.717) is 41.1 Å². The molecule has 0 radical (unpaired) electrons. The average Bonchev–Trinajstić information content (AvgIpc) is 3.73. The highest BCUT2D eigenvalue weighted by molar-refractivity contribution is 6.23. The smallest absolute Gasteiger partial charge is 0.320 e. The molecule has 3 atom stereocenters. The number of benzene rings is 2. The number of nitrogens with one attached hydrogen (secondary N) is 2. The van der Waals surface area contributed by atoms with Gasteiger partial charge in [0, 0.05) is 70.7 Å². The van der Waals surface area contributed by atoms with Gasteiger partial charge < -0.3 is 35.6 Å². The number of likely N-dealkylation sites (N-methyl/N-ethyl adjacent to an activating group) is 1. The van der Waals surface area contributed by atoms with Crippen LogP contribution in [0.1, 0.15) is 94.1 Å². The first-order valence-corrected chi connectivity index (χ1v) is 21.6. The molecule has 61 heavy (non-hydrogen) atoms. The Balaban J connectivity index is 0.781. The molecule has 5 fully saturated rings. The summed E-state index contributed by atoms with van der Waals surface area (Å²) in [6, 6.07) is 12.9. The second-order valence-electron chi connectivity index (χ2n) is 17.4. The van der Waals surface area contributed by atoms with E-state index in [4.69, 9.17) is 10.7 Å². The maximum atomic E-state index is 13.4. The molecule has 17 nitrogen and oxygen atoms in total. The van der Waals surface area contributed by atoms with E-state index in [1.807, 2.05) is 30.1 Å². The van der Waals surface area contributed by atoms with Gasteiger partial charge in [-0.3, -0.25) is 34.2 Å². The van der Waals surface area contributed by atoms with Crippen LogP contribution in [0.4, 0.5) is 27.8 Å². The van der Waals surface area contributed by atoms with Gasteiger partial charge in [0.25, 0.3) is 17.7 Å². The summed E-state index contributed by atoms with van der Waals surface area (Å²) in [5.41, 5.74) is 9.36. The number of fused-ring (bicyclic) bond motifs is 1. The maximum Gasteiger partial charge on any atom is 0.320 e. The second-order valence-corrected chi connectivity index (χ2v) is 17.4. The summed E-state index contributed by atoms with van der Waals surface area (Å²) in [6.45, 7) is 7.58. The number of likely N-dealkylation sites (tertiary alicyclic amines) is 1. The molecule has 1 unspecified atom stereocenters. The molecule has 0 spiro atoms. The summed E-state index contributed by atoms with van der Waals surface area (Å²) in [4.78, 5) is 96.9. The molecule has 7 amide bonds. The highest BCUT2D eigenvalue weighted by atomic mass is 16.2. The third-order valence-corrected chi connectivity index (χ3v) is 13.5. The molecule has 0 aliphatic carbocycles. The lowest BCUT2D eigenvalue weighted by molar-refractivity contribution is -0.136. The van der Waals surface area contributed by atoms with Crippen molar-refractivity contribution in [1.82, 2.24) is 34.9 Å². The summed E-state index contributed by atoms with van der Waals surface area (Å²) < 4.78 is 0. The van der Waals surface area contributed by atoms with Crippen LogP contribution in [0.15, 0.2) is 48.7 Å². The fourth-order valence-corrected chi connectivity index (χ4v) is 10.1. The minimum Gasteiger partial charge on any atom is -0.371 e. The number of primary amides is 1. The SMILES string of the molecule is CN1CCN([C@@H]2CCCN(c3cnc(C(N)=O)c(Nc4ccc(C5CCN(C[C@@H]6CCCN(c7ccc8c(c7)C(=O)N(C7CCC(=O)NC7=O)C8=O)C6)CC5)cc4)n3)C2)C1=O. The molecule has 0 bridgehead atoms. The summed E-state index contributed by atoms with van der Waals surface area (Å²) >= 11 is 0. The zero-order valence-corrected chi connectivity index (χ0v) is 34.6. The number of hydrogen-bond donors (Lipinski definition) is 3. The Morgan fingerprint density at radius 1 is 0.836 bits per heavy atom. The van der Waals surface area contributed by atoms with Crippen LogP contribution in [-0.4, -0.2) is 143 Å². The molecule has 1 aromatic heterocycles. The summed E-state index contributed by atoms with van der Waals surface area (Å²) in [7, 11) is 1.83. The van der Waals surface area contributed by atoms with Crippen LogP contribution < -0.4 is 26.2 Å². The number of rotatable bonds is 10. The van der Waals surface area contributed by atoms with E-state index in [-0.39, 0.29) is 30.6 Å². The minimum atomic E-state index is -0.979. The first kappa shape index (κ1) is 40.3. The van der Waals surface area contributed by atoms with Crippen molar-refractivity contribution in [1.29, 1.82) is 0 Å². The van der Waals surface area contributed by atoms with Gasteiger partial charge in [0.2, 0.25) is 11.8 Å². The van der Waals surface area contributed by atoms with Gasteiger partial charge in [0.15, 0.2) is 11.5 Å². The summed E-state index contributed by atoms with van der Waals surface area (Å²) in [5.74, 6) is -0.799. The Bertz CT molecular complexity index is 2240. The van der Waals surface area contributed by atoms with E-state index < -0.39 is 35.6 Å². The summed E-state index contributed by atoms with van der Waals surface area (Å²) in [5, 5.41) is 5.56. The van der Waals surface area contributed by atoms with Crippen molar-refractivity contribution in [2.75, 3.05) is 81.1 Å². The molecule has 5 saturated heterocycles. The molecule has 0 saturated carbocycles. The topological polar surface area (TPSA) is 198 Å². The number of hydrogen-bond acceptors (Lipinski definition) is 12. The van der Waals surface area contributed by atoms with E-state index in [1.165, 1.54) is 5.56 Å². The van der Waals surface area contributed by atoms with Crippen molar-refractivity contribution in [3.05, 3.63) is 71.0 Å².